The lowest BCUT2D eigenvalue weighted by molar-refractivity contribution is -0.115. The summed E-state index contributed by atoms with van der Waals surface area (Å²) in [5.41, 5.74) is 4.82. The monoisotopic (exact) mass is 392 g/mol. The molecule has 0 aliphatic heterocycles. The van der Waals surface area contributed by atoms with Gasteiger partial charge in [-0.15, -0.1) is 10.2 Å². The lowest BCUT2D eigenvalue weighted by atomic mass is 10.1. The molecule has 1 aromatic heterocycles. The Kier molecular flexibility index (Phi) is 5.48. The summed E-state index contributed by atoms with van der Waals surface area (Å²) in [7, 11) is 0. The van der Waals surface area contributed by atoms with E-state index in [1.54, 1.807) is 0 Å². The third-order valence-electron chi connectivity index (χ3n) is 5.10. The molecule has 5 nitrogen and oxygen atoms in total. The minimum atomic E-state index is -0.272. The van der Waals surface area contributed by atoms with Gasteiger partial charge in [0.2, 0.25) is 5.91 Å². The minimum Gasteiger partial charge on any atom is -0.325 e. The van der Waals surface area contributed by atoms with Gasteiger partial charge in [0.1, 0.15) is 5.82 Å². The van der Waals surface area contributed by atoms with Crippen molar-refractivity contribution in [2.45, 2.75) is 50.1 Å². The number of carbonyl (C=O) groups excluding carboxylic acids is 1. The van der Waals surface area contributed by atoms with E-state index in [0.717, 1.165) is 29.5 Å². The number of hydrogen-bond acceptors (Lipinski definition) is 4. The molecule has 1 heterocycles. The Morgan fingerprint density at radius 3 is 2.75 bits per heavy atom. The summed E-state index contributed by atoms with van der Waals surface area (Å²) >= 11 is 1.44. The van der Waals surface area contributed by atoms with Crippen LogP contribution in [0.4, 0.5) is 5.69 Å². The Morgan fingerprint density at radius 2 is 1.93 bits per heavy atom. The average Bonchev–Trinajstić information content (AvgIpc) is 3.30. The molecule has 0 saturated carbocycles. The maximum absolute atomic E-state index is 12.7. The molecule has 4 rings (SSSR count). The SMILES string of the molecule is Cc1nnc(S[C@@H](C)C(=O)Nc2ccc3c(c2)CCC3)n1Cc1ccccc1. The lowest BCUT2D eigenvalue weighted by Gasteiger charge is -2.14. The summed E-state index contributed by atoms with van der Waals surface area (Å²) in [5.74, 6) is 0.826. The molecule has 0 bridgehead atoms. The van der Waals surface area contributed by atoms with Gasteiger partial charge in [0.25, 0.3) is 0 Å². The number of benzene rings is 2. The molecule has 0 radical (unpaired) electrons. The van der Waals surface area contributed by atoms with Crippen molar-refractivity contribution in [1.82, 2.24) is 14.8 Å². The summed E-state index contributed by atoms with van der Waals surface area (Å²) < 4.78 is 2.05. The Morgan fingerprint density at radius 1 is 1.14 bits per heavy atom. The molecule has 0 unspecified atom stereocenters. The molecule has 1 aliphatic rings. The van der Waals surface area contributed by atoms with E-state index in [9.17, 15) is 4.79 Å². The molecule has 6 heteroatoms. The maximum atomic E-state index is 12.7. The highest BCUT2D eigenvalue weighted by Gasteiger charge is 2.20. The molecular formula is C22H24N4OS. The van der Waals surface area contributed by atoms with Crippen LogP contribution in [0.25, 0.3) is 0 Å². The predicted octanol–water partition coefficient (Wildman–Crippen LogP) is 4.24. The van der Waals surface area contributed by atoms with Crippen LogP contribution in [0.2, 0.25) is 0 Å². The van der Waals surface area contributed by atoms with E-state index >= 15 is 0 Å². The van der Waals surface area contributed by atoms with E-state index in [4.69, 9.17) is 0 Å². The van der Waals surface area contributed by atoms with E-state index in [-0.39, 0.29) is 11.2 Å². The fourth-order valence-electron chi connectivity index (χ4n) is 3.50. The van der Waals surface area contributed by atoms with Gasteiger partial charge >= 0.3 is 0 Å². The van der Waals surface area contributed by atoms with E-state index < -0.39 is 0 Å². The van der Waals surface area contributed by atoms with Gasteiger partial charge in [-0.3, -0.25) is 4.79 Å². The van der Waals surface area contributed by atoms with Gasteiger partial charge in [0.15, 0.2) is 5.16 Å². The number of thioether (sulfide) groups is 1. The third kappa shape index (κ3) is 4.12. The summed E-state index contributed by atoms with van der Waals surface area (Å²) in [4.78, 5) is 12.7. The number of nitrogens with one attached hydrogen (secondary N) is 1. The van der Waals surface area contributed by atoms with Gasteiger partial charge in [0, 0.05) is 5.69 Å². The van der Waals surface area contributed by atoms with Crippen LogP contribution in [0.5, 0.6) is 0 Å². The molecule has 1 aliphatic carbocycles. The fourth-order valence-corrected chi connectivity index (χ4v) is 4.40. The Labute approximate surface area is 169 Å². The van der Waals surface area contributed by atoms with Gasteiger partial charge in [-0.05, 0) is 61.9 Å². The van der Waals surface area contributed by atoms with Crippen molar-refractivity contribution in [1.29, 1.82) is 0 Å². The number of carbonyl (C=O) groups is 1. The Hall–Kier alpha value is -2.60. The molecule has 28 heavy (non-hydrogen) atoms. The normalized spacial score (nSPS) is 13.9. The number of aromatic nitrogens is 3. The number of fused-ring (bicyclic) bond motifs is 1. The number of aryl methyl sites for hydroxylation is 3. The van der Waals surface area contributed by atoms with E-state index in [0.29, 0.717) is 6.54 Å². The number of anilines is 1. The first kappa shape index (κ1) is 18.7. The van der Waals surface area contributed by atoms with Gasteiger partial charge in [-0.1, -0.05) is 48.2 Å². The van der Waals surface area contributed by atoms with Gasteiger partial charge in [-0.2, -0.15) is 0 Å². The number of amides is 1. The van der Waals surface area contributed by atoms with Crippen LogP contribution in [0.3, 0.4) is 0 Å². The Bertz CT molecular complexity index is 983. The van der Waals surface area contributed by atoms with Crippen LogP contribution in [0, 0.1) is 6.92 Å². The number of rotatable bonds is 6. The van der Waals surface area contributed by atoms with Crippen LogP contribution in [0.1, 0.15) is 35.9 Å². The minimum absolute atomic E-state index is 0.0186. The van der Waals surface area contributed by atoms with Crippen LogP contribution < -0.4 is 5.32 Å². The van der Waals surface area contributed by atoms with Crippen LogP contribution >= 0.6 is 11.8 Å². The largest absolute Gasteiger partial charge is 0.325 e. The van der Waals surface area contributed by atoms with E-state index in [1.807, 2.05) is 38.1 Å². The van der Waals surface area contributed by atoms with Crippen molar-refractivity contribution in [3.05, 3.63) is 71.0 Å². The zero-order valence-electron chi connectivity index (χ0n) is 16.2. The van der Waals surface area contributed by atoms with E-state index in [1.165, 1.54) is 34.9 Å². The van der Waals surface area contributed by atoms with Crippen molar-refractivity contribution in [3.63, 3.8) is 0 Å². The van der Waals surface area contributed by atoms with Crippen molar-refractivity contribution in [2.24, 2.45) is 0 Å². The van der Waals surface area contributed by atoms with Crippen molar-refractivity contribution >= 4 is 23.4 Å². The molecule has 0 fully saturated rings. The third-order valence-corrected chi connectivity index (χ3v) is 6.18. The fraction of sp³-hybridized carbons (Fsp3) is 0.318. The number of hydrogen-bond donors (Lipinski definition) is 1. The molecular weight excluding hydrogens is 368 g/mol. The van der Waals surface area contributed by atoms with Crippen LogP contribution in [-0.2, 0) is 24.2 Å². The standard InChI is InChI=1S/C22H24N4OS/c1-15(21(27)23-20-12-11-18-9-6-10-19(18)13-20)28-22-25-24-16(2)26(22)14-17-7-4-3-5-8-17/h3-5,7-8,11-13,15H,6,9-10,14H2,1-2H3,(H,23,27)/t15-/m0/s1. The molecule has 144 valence electrons. The average molecular weight is 393 g/mol. The molecule has 1 amide bonds. The zero-order chi connectivity index (χ0) is 19.5. The summed E-state index contributed by atoms with van der Waals surface area (Å²) in [6.07, 6.45) is 3.45. The first-order valence-corrected chi connectivity index (χ1v) is 10.5. The first-order chi connectivity index (χ1) is 13.6. The summed E-state index contributed by atoms with van der Waals surface area (Å²) in [6, 6.07) is 16.5. The highest BCUT2D eigenvalue weighted by Crippen LogP contribution is 2.27. The molecule has 0 saturated heterocycles. The second-order valence-corrected chi connectivity index (χ2v) is 8.50. The van der Waals surface area contributed by atoms with Gasteiger partial charge in [-0.25, -0.2) is 0 Å². The molecule has 3 aromatic rings. The van der Waals surface area contributed by atoms with E-state index in [2.05, 4.69) is 44.3 Å². The van der Waals surface area contributed by atoms with Crippen LogP contribution in [0.15, 0.2) is 53.7 Å². The second kappa shape index (κ2) is 8.19. The van der Waals surface area contributed by atoms with Crippen molar-refractivity contribution in [2.75, 3.05) is 5.32 Å². The highest BCUT2D eigenvalue weighted by molar-refractivity contribution is 8.00. The lowest BCUT2D eigenvalue weighted by Crippen LogP contribution is -2.23. The molecule has 1 atom stereocenters. The summed E-state index contributed by atoms with van der Waals surface area (Å²) in [5, 5.41) is 12.0. The molecule has 2 aromatic carbocycles. The van der Waals surface area contributed by atoms with Gasteiger partial charge in [0.05, 0.1) is 11.8 Å². The van der Waals surface area contributed by atoms with Gasteiger partial charge < -0.3 is 9.88 Å². The topological polar surface area (TPSA) is 59.8 Å². The quantitative estimate of drug-likeness (QED) is 0.638. The van der Waals surface area contributed by atoms with Crippen molar-refractivity contribution < 1.29 is 4.79 Å². The first-order valence-electron chi connectivity index (χ1n) is 9.63. The second-order valence-electron chi connectivity index (χ2n) is 7.19. The molecule has 1 N–H and O–H groups in total. The number of nitrogens with zero attached hydrogens (tertiary/aromatic N) is 3. The van der Waals surface area contributed by atoms with Crippen LogP contribution in [-0.4, -0.2) is 25.9 Å². The van der Waals surface area contributed by atoms with Crippen molar-refractivity contribution in [3.8, 4) is 0 Å². The Balaban J connectivity index is 1.43. The molecule has 0 spiro atoms. The highest BCUT2D eigenvalue weighted by atomic mass is 32.2. The predicted molar refractivity (Wildman–Crippen MR) is 113 cm³/mol. The summed E-state index contributed by atoms with van der Waals surface area (Å²) in [6.45, 7) is 4.54. The smallest absolute Gasteiger partial charge is 0.237 e. The zero-order valence-corrected chi connectivity index (χ0v) is 17.0. The maximum Gasteiger partial charge on any atom is 0.237 e.